The maximum atomic E-state index is 13.7. The molecule has 2 aromatic heterocycles. The van der Waals surface area contributed by atoms with Gasteiger partial charge in [-0.3, -0.25) is 0 Å². The van der Waals surface area contributed by atoms with E-state index in [0.29, 0.717) is 5.69 Å². The van der Waals surface area contributed by atoms with Crippen LogP contribution in [0.2, 0.25) is 0 Å². The fourth-order valence-corrected chi connectivity index (χ4v) is 2.93. The Morgan fingerprint density at radius 2 is 1.88 bits per heavy atom. The number of aliphatic hydroxyl groups is 1. The fourth-order valence-electron chi connectivity index (χ4n) is 2.93. The van der Waals surface area contributed by atoms with Crippen LogP contribution in [-0.2, 0) is 6.61 Å². The van der Waals surface area contributed by atoms with E-state index in [1.165, 1.54) is 12.1 Å². The predicted octanol–water partition coefficient (Wildman–Crippen LogP) is 4.06. The smallest absolute Gasteiger partial charge is 0.138 e. The van der Waals surface area contributed by atoms with Gasteiger partial charge in [0.25, 0.3) is 0 Å². The number of nitrogens with one attached hydrogen (secondary N) is 2. The van der Waals surface area contributed by atoms with Gasteiger partial charge in [-0.2, -0.15) is 0 Å². The summed E-state index contributed by atoms with van der Waals surface area (Å²) >= 11 is 0. The molecule has 0 unspecified atom stereocenters. The van der Waals surface area contributed by atoms with E-state index in [2.05, 4.69) is 15.3 Å². The standard InChI is InChI=1S/C19H16FN3O/c1-21-17-9-15(20)7-13-6-14-8-16(22-19(14)23-18(13)17)12-4-2-11(10-24)3-5-12/h2-9,21,24H,10H2,1H3,(H,22,23). The van der Waals surface area contributed by atoms with Crippen molar-refractivity contribution >= 4 is 27.6 Å². The van der Waals surface area contributed by atoms with E-state index in [1.54, 1.807) is 7.05 Å². The fraction of sp³-hybridized carbons (Fsp3) is 0.105. The molecule has 0 radical (unpaired) electrons. The highest BCUT2D eigenvalue weighted by molar-refractivity contribution is 5.99. The van der Waals surface area contributed by atoms with Gasteiger partial charge in [-0.25, -0.2) is 9.37 Å². The van der Waals surface area contributed by atoms with Crippen molar-refractivity contribution in [3.63, 3.8) is 0 Å². The Labute approximate surface area is 138 Å². The third-order valence-corrected chi connectivity index (χ3v) is 4.18. The van der Waals surface area contributed by atoms with Gasteiger partial charge in [0.2, 0.25) is 0 Å². The Hall–Kier alpha value is -2.92. The average molecular weight is 321 g/mol. The van der Waals surface area contributed by atoms with Crippen molar-refractivity contribution in [1.29, 1.82) is 0 Å². The maximum absolute atomic E-state index is 13.7. The summed E-state index contributed by atoms with van der Waals surface area (Å²) < 4.78 is 13.7. The van der Waals surface area contributed by atoms with Gasteiger partial charge in [0.05, 0.1) is 17.8 Å². The van der Waals surface area contributed by atoms with E-state index >= 15 is 0 Å². The SMILES string of the molecule is CNc1cc(F)cc2cc3cc(-c4ccc(CO)cc4)[nH]c3nc12. The first-order valence-electron chi connectivity index (χ1n) is 7.69. The molecule has 2 aromatic carbocycles. The van der Waals surface area contributed by atoms with Crippen LogP contribution in [0.25, 0.3) is 33.2 Å². The van der Waals surface area contributed by atoms with Gasteiger partial charge in [-0.05, 0) is 35.4 Å². The van der Waals surface area contributed by atoms with Crippen molar-refractivity contribution in [3.8, 4) is 11.3 Å². The van der Waals surface area contributed by atoms with Gasteiger partial charge in [0.15, 0.2) is 0 Å². The normalized spacial score (nSPS) is 11.3. The summed E-state index contributed by atoms with van der Waals surface area (Å²) in [5.41, 5.74) is 4.96. The van der Waals surface area contributed by atoms with Crippen molar-refractivity contribution in [3.05, 3.63) is 59.9 Å². The Morgan fingerprint density at radius 3 is 2.58 bits per heavy atom. The molecule has 0 fully saturated rings. The van der Waals surface area contributed by atoms with E-state index < -0.39 is 0 Å². The number of aromatic nitrogens is 2. The van der Waals surface area contributed by atoms with Crippen molar-refractivity contribution in [2.24, 2.45) is 0 Å². The van der Waals surface area contributed by atoms with E-state index in [4.69, 9.17) is 5.11 Å². The van der Waals surface area contributed by atoms with Crippen LogP contribution in [-0.4, -0.2) is 22.1 Å². The summed E-state index contributed by atoms with van der Waals surface area (Å²) in [6.07, 6.45) is 0. The lowest BCUT2D eigenvalue weighted by atomic mass is 10.1. The zero-order chi connectivity index (χ0) is 16.7. The average Bonchev–Trinajstić information content (AvgIpc) is 3.02. The Kier molecular flexibility index (Phi) is 3.43. The van der Waals surface area contributed by atoms with Crippen LogP contribution in [0, 0.1) is 5.82 Å². The molecular weight excluding hydrogens is 305 g/mol. The van der Waals surface area contributed by atoms with Gasteiger partial charge < -0.3 is 15.4 Å². The molecule has 3 N–H and O–H groups in total. The molecule has 2 heterocycles. The minimum atomic E-state index is -0.289. The number of nitrogens with zero attached hydrogens (tertiary/aromatic N) is 1. The maximum Gasteiger partial charge on any atom is 0.138 e. The van der Waals surface area contributed by atoms with Crippen molar-refractivity contribution in [2.45, 2.75) is 6.61 Å². The highest BCUT2D eigenvalue weighted by Crippen LogP contribution is 2.29. The molecule has 0 aliphatic heterocycles. The molecule has 0 saturated carbocycles. The molecule has 4 rings (SSSR count). The highest BCUT2D eigenvalue weighted by atomic mass is 19.1. The molecule has 0 aliphatic rings. The van der Waals surface area contributed by atoms with Gasteiger partial charge in [-0.15, -0.1) is 0 Å². The molecule has 0 amide bonds. The number of rotatable bonds is 3. The number of fused-ring (bicyclic) bond motifs is 2. The monoisotopic (exact) mass is 321 g/mol. The van der Waals surface area contributed by atoms with Crippen LogP contribution in [0.5, 0.6) is 0 Å². The number of H-pyrrole nitrogens is 1. The van der Waals surface area contributed by atoms with E-state index in [9.17, 15) is 4.39 Å². The highest BCUT2D eigenvalue weighted by Gasteiger charge is 2.10. The molecule has 0 aliphatic carbocycles. The van der Waals surface area contributed by atoms with Gasteiger partial charge in [-0.1, -0.05) is 24.3 Å². The largest absolute Gasteiger partial charge is 0.392 e. The lowest BCUT2D eigenvalue weighted by Crippen LogP contribution is -1.93. The number of anilines is 1. The minimum absolute atomic E-state index is 0.0261. The van der Waals surface area contributed by atoms with Crippen molar-refractivity contribution < 1.29 is 9.50 Å². The number of benzene rings is 2. The van der Waals surface area contributed by atoms with Gasteiger partial charge in [0, 0.05) is 23.5 Å². The predicted molar refractivity (Wildman–Crippen MR) is 94.5 cm³/mol. The summed E-state index contributed by atoms with van der Waals surface area (Å²) in [7, 11) is 1.75. The summed E-state index contributed by atoms with van der Waals surface area (Å²) in [4.78, 5) is 7.96. The summed E-state index contributed by atoms with van der Waals surface area (Å²) in [5.74, 6) is -0.289. The van der Waals surface area contributed by atoms with E-state index in [-0.39, 0.29) is 12.4 Å². The zero-order valence-electron chi connectivity index (χ0n) is 13.1. The number of hydrogen-bond acceptors (Lipinski definition) is 3. The van der Waals surface area contributed by atoms with Crippen LogP contribution in [0.1, 0.15) is 5.56 Å². The van der Waals surface area contributed by atoms with Crippen molar-refractivity contribution in [2.75, 3.05) is 12.4 Å². The molecule has 0 spiro atoms. The van der Waals surface area contributed by atoms with Crippen LogP contribution in [0.3, 0.4) is 0 Å². The number of aromatic amines is 1. The van der Waals surface area contributed by atoms with E-state index in [0.717, 1.165) is 38.8 Å². The van der Waals surface area contributed by atoms with Gasteiger partial charge >= 0.3 is 0 Å². The second-order valence-corrected chi connectivity index (χ2v) is 5.74. The number of halogens is 1. The minimum Gasteiger partial charge on any atom is -0.392 e. The molecule has 24 heavy (non-hydrogen) atoms. The quantitative estimate of drug-likeness (QED) is 0.533. The third kappa shape index (κ3) is 2.39. The lowest BCUT2D eigenvalue weighted by Gasteiger charge is -2.05. The number of aliphatic hydroxyl groups excluding tert-OH is 1. The summed E-state index contributed by atoms with van der Waals surface area (Å²) in [5, 5.41) is 13.8. The molecular formula is C19H16FN3O. The molecule has 0 bridgehead atoms. The van der Waals surface area contributed by atoms with Crippen LogP contribution in [0.15, 0.2) is 48.5 Å². The molecule has 4 aromatic rings. The molecule has 4 nitrogen and oxygen atoms in total. The first-order chi connectivity index (χ1) is 11.7. The zero-order valence-corrected chi connectivity index (χ0v) is 13.1. The summed E-state index contributed by atoms with van der Waals surface area (Å²) in [6.45, 7) is 0.0261. The summed E-state index contributed by atoms with van der Waals surface area (Å²) in [6, 6.07) is 14.6. The van der Waals surface area contributed by atoms with Crippen LogP contribution >= 0.6 is 0 Å². The van der Waals surface area contributed by atoms with Gasteiger partial charge in [0.1, 0.15) is 11.5 Å². The van der Waals surface area contributed by atoms with Crippen LogP contribution < -0.4 is 5.32 Å². The number of pyridine rings is 1. The molecule has 5 heteroatoms. The topological polar surface area (TPSA) is 60.9 Å². The lowest BCUT2D eigenvalue weighted by molar-refractivity contribution is 0.282. The second kappa shape index (κ2) is 5.62. The Bertz CT molecular complexity index is 1040. The first kappa shape index (κ1) is 14.7. The van der Waals surface area contributed by atoms with Crippen molar-refractivity contribution in [1.82, 2.24) is 9.97 Å². The number of hydrogen-bond donors (Lipinski definition) is 3. The molecule has 120 valence electrons. The van der Waals surface area contributed by atoms with Crippen LogP contribution in [0.4, 0.5) is 10.1 Å². The second-order valence-electron chi connectivity index (χ2n) is 5.74. The first-order valence-corrected chi connectivity index (χ1v) is 7.69. The Balaban J connectivity index is 1.89. The third-order valence-electron chi connectivity index (χ3n) is 4.18. The van der Waals surface area contributed by atoms with E-state index in [1.807, 2.05) is 36.4 Å². The Morgan fingerprint density at radius 1 is 1.08 bits per heavy atom. The molecule has 0 saturated heterocycles. The molecule has 0 atom stereocenters.